The zero-order chi connectivity index (χ0) is 14.1. The van der Waals surface area contributed by atoms with Gasteiger partial charge < -0.3 is 5.32 Å². The highest BCUT2D eigenvalue weighted by Gasteiger charge is 2.17. The van der Waals surface area contributed by atoms with Gasteiger partial charge in [-0.2, -0.15) is 5.10 Å². The minimum atomic E-state index is 0.618. The molecule has 0 bridgehead atoms. The Labute approximate surface area is 127 Å². The SMILES string of the molecule is c1nc2ccc(NCc3ccn(C4CCCC4)n3)cc2s1. The van der Waals surface area contributed by atoms with Gasteiger partial charge in [0.1, 0.15) is 0 Å². The van der Waals surface area contributed by atoms with Crippen molar-refractivity contribution in [2.45, 2.75) is 38.3 Å². The molecule has 0 spiro atoms. The van der Waals surface area contributed by atoms with E-state index in [1.54, 1.807) is 11.3 Å². The van der Waals surface area contributed by atoms with Crippen LogP contribution in [0.2, 0.25) is 0 Å². The molecule has 0 atom stereocenters. The first-order chi connectivity index (χ1) is 10.4. The van der Waals surface area contributed by atoms with E-state index in [1.807, 2.05) is 5.51 Å². The van der Waals surface area contributed by atoms with E-state index in [0.29, 0.717) is 6.04 Å². The second-order valence-corrected chi connectivity index (χ2v) is 6.50. The van der Waals surface area contributed by atoms with Gasteiger partial charge >= 0.3 is 0 Å². The molecule has 1 saturated carbocycles. The monoisotopic (exact) mass is 298 g/mol. The Morgan fingerprint density at radius 3 is 3.05 bits per heavy atom. The largest absolute Gasteiger partial charge is 0.379 e. The van der Waals surface area contributed by atoms with Crippen molar-refractivity contribution in [2.24, 2.45) is 0 Å². The Morgan fingerprint density at radius 2 is 2.14 bits per heavy atom. The fourth-order valence-corrected chi connectivity index (χ4v) is 3.72. The van der Waals surface area contributed by atoms with Crippen LogP contribution in [0.1, 0.15) is 37.4 Å². The van der Waals surface area contributed by atoms with Gasteiger partial charge in [-0.1, -0.05) is 12.8 Å². The first-order valence-corrected chi connectivity index (χ1v) is 8.37. The molecular formula is C16H18N4S. The lowest BCUT2D eigenvalue weighted by Crippen LogP contribution is -2.07. The maximum Gasteiger partial charge on any atom is 0.0815 e. The van der Waals surface area contributed by atoms with Gasteiger partial charge in [-0.15, -0.1) is 11.3 Å². The molecule has 2 aromatic heterocycles. The van der Waals surface area contributed by atoms with E-state index in [4.69, 9.17) is 5.10 Å². The van der Waals surface area contributed by atoms with Crippen LogP contribution in [0.5, 0.6) is 0 Å². The van der Waals surface area contributed by atoms with E-state index >= 15 is 0 Å². The highest BCUT2D eigenvalue weighted by molar-refractivity contribution is 7.16. The predicted octanol–water partition coefficient (Wildman–Crippen LogP) is 4.22. The lowest BCUT2D eigenvalue weighted by molar-refractivity contribution is 0.463. The number of benzene rings is 1. The molecule has 4 nitrogen and oxygen atoms in total. The number of rotatable bonds is 4. The quantitative estimate of drug-likeness (QED) is 0.784. The highest BCUT2D eigenvalue weighted by Crippen LogP contribution is 2.28. The van der Waals surface area contributed by atoms with Crippen LogP contribution < -0.4 is 5.32 Å². The maximum absolute atomic E-state index is 4.70. The van der Waals surface area contributed by atoms with E-state index in [9.17, 15) is 0 Å². The summed E-state index contributed by atoms with van der Waals surface area (Å²) in [5.74, 6) is 0. The van der Waals surface area contributed by atoms with Crippen molar-refractivity contribution >= 4 is 27.2 Å². The number of anilines is 1. The molecule has 0 aliphatic heterocycles. The molecule has 1 aliphatic carbocycles. The van der Waals surface area contributed by atoms with E-state index < -0.39 is 0 Å². The summed E-state index contributed by atoms with van der Waals surface area (Å²) in [4.78, 5) is 4.30. The highest BCUT2D eigenvalue weighted by atomic mass is 32.1. The lowest BCUT2D eigenvalue weighted by Gasteiger charge is -2.09. The minimum Gasteiger partial charge on any atom is -0.379 e. The Hall–Kier alpha value is -1.88. The van der Waals surface area contributed by atoms with Gasteiger partial charge in [0.05, 0.1) is 34.0 Å². The summed E-state index contributed by atoms with van der Waals surface area (Å²) in [7, 11) is 0. The van der Waals surface area contributed by atoms with Crippen molar-refractivity contribution in [3.63, 3.8) is 0 Å². The number of fused-ring (bicyclic) bond motifs is 1. The van der Waals surface area contributed by atoms with Crippen molar-refractivity contribution in [3.8, 4) is 0 Å². The van der Waals surface area contributed by atoms with Gasteiger partial charge in [-0.25, -0.2) is 4.98 Å². The number of nitrogens with zero attached hydrogens (tertiary/aromatic N) is 3. The molecule has 3 aromatic rings. The molecule has 0 saturated heterocycles. The topological polar surface area (TPSA) is 42.7 Å². The molecule has 1 aliphatic rings. The second kappa shape index (κ2) is 5.48. The van der Waals surface area contributed by atoms with Crippen molar-refractivity contribution in [1.29, 1.82) is 0 Å². The molecule has 1 aromatic carbocycles. The van der Waals surface area contributed by atoms with Gasteiger partial charge in [0.2, 0.25) is 0 Å². The van der Waals surface area contributed by atoms with Crippen LogP contribution in [0.15, 0.2) is 36.0 Å². The van der Waals surface area contributed by atoms with E-state index in [1.165, 1.54) is 30.4 Å². The fourth-order valence-electron chi connectivity index (χ4n) is 3.00. The van der Waals surface area contributed by atoms with Crippen molar-refractivity contribution in [3.05, 3.63) is 41.7 Å². The lowest BCUT2D eigenvalue weighted by atomic mass is 10.3. The molecule has 0 unspecified atom stereocenters. The molecule has 108 valence electrons. The summed E-state index contributed by atoms with van der Waals surface area (Å²) in [5, 5.41) is 8.15. The van der Waals surface area contributed by atoms with Gasteiger partial charge in [0.15, 0.2) is 0 Å². The van der Waals surface area contributed by atoms with Crippen LogP contribution >= 0.6 is 11.3 Å². The first-order valence-electron chi connectivity index (χ1n) is 7.50. The summed E-state index contributed by atoms with van der Waals surface area (Å²) < 4.78 is 3.37. The molecule has 2 heterocycles. The number of hydrogen-bond donors (Lipinski definition) is 1. The molecule has 21 heavy (non-hydrogen) atoms. The van der Waals surface area contributed by atoms with Crippen LogP contribution in [0.4, 0.5) is 5.69 Å². The van der Waals surface area contributed by atoms with E-state index in [2.05, 4.69) is 45.4 Å². The van der Waals surface area contributed by atoms with Crippen molar-refractivity contribution < 1.29 is 0 Å². The Morgan fingerprint density at radius 1 is 1.24 bits per heavy atom. The normalized spacial score (nSPS) is 15.8. The molecule has 1 N–H and O–H groups in total. The third kappa shape index (κ3) is 2.65. The number of thiazole rings is 1. The third-order valence-corrected chi connectivity index (χ3v) is 4.96. The molecule has 4 rings (SSSR count). The number of aromatic nitrogens is 3. The van der Waals surface area contributed by atoms with Gasteiger partial charge in [-0.3, -0.25) is 4.68 Å². The smallest absolute Gasteiger partial charge is 0.0815 e. The minimum absolute atomic E-state index is 0.618. The first kappa shape index (κ1) is 12.8. The summed E-state index contributed by atoms with van der Waals surface area (Å²) in [6.07, 6.45) is 7.35. The van der Waals surface area contributed by atoms with Gasteiger partial charge in [0, 0.05) is 11.9 Å². The van der Waals surface area contributed by atoms with Crippen molar-refractivity contribution in [1.82, 2.24) is 14.8 Å². The van der Waals surface area contributed by atoms with Crippen LogP contribution in [0, 0.1) is 0 Å². The Kier molecular flexibility index (Phi) is 3.35. The Bertz CT molecular complexity index is 739. The van der Waals surface area contributed by atoms with Crippen molar-refractivity contribution in [2.75, 3.05) is 5.32 Å². The Balaban J connectivity index is 1.43. The molecule has 0 amide bonds. The number of nitrogens with one attached hydrogen (secondary N) is 1. The zero-order valence-corrected chi connectivity index (χ0v) is 12.6. The zero-order valence-electron chi connectivity index (χ0n) is 11.8. The van der Waals surface area contributed by atoms with E-state index in [0.717, 1.165) is 23.4 Å². The van der Waals surface area contributed by atoms with Gasteiger partial charge in [0.25, 0.3) is 0 Å². The van der Waals surface area contributed by atoms with Crippen LogP contribution in [-0.4, -0.2) is 14.8 Å². The molecule has 0 radical (unpaired) electrons. The van der Waals surface area contributed by atoms with Crippen LogP contribution in [0.3, 0.4) is 0 Å². The molecule has 1 fully saturated rings. The standard InChI is InChI=1S/C16H18N4S/c1-2-4-14(3-1)20-8-7-13(19-20)10-17-12-5-6-15-16(9-12)21-11-18-15/h5-9,11,14,17H,1-4,10H2. The predicted molar refractivity (Wildman–Crippen MR) is 86.7 cm³/mol. The summed E-state index contributed by atoms with van der Waals surface area (Å²) in [5.41, 5.74) is 5.18. The number of hydrogen-bond acceptors (Lipinski definition) is 4. The summed E-state index contributed by atoms with van der Waals surface area (Å²) >= 11 is 1.67. The van der Waals surface area contributed by atoms with Crippen LogP contribution in [0.25, 0.3) is 10.2 Å². The average Bonchev–Trinajstić information content (AvgIpc) is 3.24. The second-order valence-electron chi connectivity index (χ2n) is 5.61. The molecule has 5 heteroatoms. The van der Waals surface area contributed by atoms with Gasteiger partial charge in [-0.05, 0) is 37.1 Å². The summed E-state index contributed by atoms with van der Waals surface area (Å²) in [6.45, 7) is 0.768. The molecular weight excluding hydrogens is 280 g/mol. The fraction of sp³-hybridized carbons (Fsp3) is 0.375. The summed E-state index contributed by atoms with van der Waals surface area (Å²) in [6, 6.07) is 9.03. The van der Waals surface area contributed by atoms with Crippen LogP contribution in [-0.2, 0) is 6.54 Å². The maximum atomic E-state index is 4.70. The average molecular weight is 298 g/mol. The van der Waals surface area contributed by atoms with E-state index in [-0.39, 0.29) is 0 Å². The third-order valence-electron chi connectivity index (χ3n) is 4.17.